The number of hydrogen-bond donors (Lipinski definition) is 2. The van der Waals surface area contributed by atoms with Gasteiger partial charge in [0.15, 0.2) is 0 Å². The van der Waals surface area contributed by atoms with Crippen LogP contribution < -0.4 is 10.2 Å². The standard InChI is InChI=1S/C21H24N2O3S/c1-3-23-13-12-16-17(14-23)27-20(19(16)21(25)26-4-2)22-18(24)11-10-15-8-6-5-7-9-15/h5-11H,3-4,12-14H2,1-2H3,(H,22,24)/p+1/b11-10-. The molecule has 142 valence electrons. The molecule has 1 unspecified atom stereocenters. The number of quaternary nitrogens is 1. The van der Waals surface area contributed by atoms with Gasteiger partial charge in [-0.1, -0.05) is 30.3 Å². The van der Waals surface area contributed by atoms with Crippen LogP contribution in [0.1, 0.15) is 40.2 Å². The zero-order valence-electron chi connectivity index (χ0n) is 15.7. The van der Waals surface area contributed by atoms with E-state index in [1.54, 1.807) is 13.0 Å². The molecule has 1 aliphatic rings. The summed E-state index contributed by atoms with van der Waals surface area (Å²) in [5.41, 5.74) is 2.53. The van der Waals surface area contributed by atoms with E-state index >= 15 is 0 Å². The average Bonchev–Trinajstić information content (AvgIpc) is 3.04. The fourth-order valence-corrected chi connectivity index (χ4v) is 4.55. The number of ether oxygens (including phenoxy) is 1. The van der Waals surface area contributed by atoms with Gasteiger partial charge in [0.1, 0.15) is 11.5 Å². The van der Waals surface area contributed by atoms with Gasteiger partial charge in [-0.15, -0.1) is 11.3 Å². The van der Waals surface area contributed by atoms with Crippen molar-refractivity contribution in [2.75, 3.05) is 25.0 Å². The van der Waals surface area contributed by atoms with E-state index in [0.717, 1.165) is 37.2 Å². The van der Waals surface area contributed by atoms with E-state index in [4.69, 9.17) is 4.74 Å². The third-order valence-corrected chi connectivity index (χ3v) is 5.82. The Balaban J connectivity index is 1.83. The number of carbonyl (C=O) groups is 2. The summed E-state index contributed by atoms with van der Waals surface area (Å²) < 4.78 is 5.25. The van der Waals surface area contributed by atoms with Crippen molar-refractivity contribution in [1.82, 2.24) is 0 Å². The summed E-state index contributed by atoms with van der Waals surface area (Å²) in [6, 6.07) is 9.64. The van der Waals surface area contributed by atoms with Crippen LogP contribution in [0.4, 0.5) is 5.00 Å². The van der Waals surface area contributed by atoms with Crippen molar-refractivity contribution >= 4 is 34.3 Å². The maximum absolute atomic E-state index is 12.5. The van der Waals surface area contributed by atoms with Gasteiger partial charge in [0.25, 0.3) is 0 Å². The number of thiophene rings is 1. The third kappa shape index (κ3) is 4.64. The number of esters is 1. The van der Waals surface area contributed by atoms with Crippen molar-refractivity contribution in [1.29, 1.82) is 0 Å². The van der Waals surface area contributed by atoms with E-state index in [1.165, 1.54) is 27.2 Å². The summed E-state index contributed by atoms with van der Waals surface area (Å²) in [6.45, 7) is 7.20. The molecule has 3 rings (SSSR count). The zero-order chi connectivity index (χ0) is 19.2. The molecule has 0 fully saturated rings. The number of carbonyl (C=O) groups excluding carboxylic acids is 2. The highest BCUT2D eigenvalue weighted by Gasteiger charge is 2.30. The summed E-state index contributed by atoms with van der Waals surface area (Å²) >= 11 is 1.50. The maximum Gasteiger partial charge on any atom is 0.341 e. The molecule has 2 aromatic rings. The second kappa shape index (κ2) is 8.97. The highest BCUT2D eigenvalue weighted by Crippen LogP contribution is 2.35. The largest absolute Gasteiger partial charge is 0.462 e. The van der Waals surface area contributed by atoms with Crippen LogP contribution in [0.15, 0.2) is 36.4 Å². The number of anilines is 1. The smallest absolute Gasteiger partial charge is 0.341 e. The van der Waals surface area contributed by atoms with Crippen LogP contribution in [-0.4, -0.2) is 31.6 Å². The Morgan fingerprint density at radius 2 is 2.04 bits per heavy atom. The van der Waals surface area contributed by atoms with Crippen molar-refractivity contribution in [2.24, 2.45) is 0 Å². The van der Waals surface area contributed by atoms with E-state index in [1.807, 2.05) is 30.3 Å². The number of fused-ring (bicyclic) bond motifs is 1. The SMILES string of the molecule is CCOC(=O)c1c(NC(=O)/C=C\c2ccccc2)sc2c1CC[NH+](CC)C2. The van der Waals surface area contributed by atoms with Gasteiger partial charge in [-0.25, -0.2) is 4.79 Å². The van der Waals surface area contributed by atoms with Crippen LogP contribution in [-0.2, 0) is 22.5 Å². The first-order chi connectivity index (χ1) is 13.1. The summed E-state index contributed by atoms with van der Waals surface area (Å²) in [5.74, 6) is -0.597. The maximum atomic E-state index is 12.5. The van der Waals surface area contributed by atoms with Crippen molar-refractivity contribution < 1.29 is 19.2 Å². The molecule has 27 heavy (non-hydrogen) atoms. The quantitative estimate of drug-likeness (QED) is 0.593. The molecule has 2 heterocycles. The summed E-state index contributed by atoms with van der Waals surface area (Å²) in [6.07, 6.45) is 4.08. The minimum atomic E-state index is -0.350. The first-order valence-corrected chi connectivity index (χ1v) is 10.1. The second-order valence-corrected chi connectivity index (χ2v) is 7.55. The average molecular weight is 386 g/mol. The molecule has 0 radical (unpaired) electrons. The van der Waals surface area contributed by atoms with Crippen LogP contribution >= 0.6 is 11.3 Å². The third-order valence-electron chi connectivity index (χ3n) is 4.67. The summed E-state index contributed by atoms with van der Waals surface area (Å²) in [5, 5.41) is 3.49. The van der Waals surface area contributed by atoms with E-state index in [-0.39, 0.29) is 11.9 Å². The van der Waals surface area contributed by atoms with E-state index < -0.39 is 0 Å². The number of likely N-dealkylation sites (N-methyl/N-ethyl adjacent to an activating group) is 1. The monoisotopic (exact) mass is 385 g/mol. The molecule has 1 aromatic heterocycles. The molecule has 0 saturated heterocycles. The highest BCUT2D eigenvalue weighted by atomic mass is 32.1. The molecule has 6 heteroatoms. The molecule has 1 amide bonds. The van der Waals surface area contributed by atoms with Gasteiger partial charge in [0.05, 0.1) is 30.1 Å². The second-order valence-electron chi connectivity index (χ2n) is 6.44. The minimum absolute atomic E-state index is 0.248. The Morgan fingerprint density at radius 3 is 2.74 bits per heavy atom. The predicted octanol–water partition coefficient (Wildman–Crippen LogP) is 2.54. The fourth-order valence-electron chi connectivity index (χ4n) is 3.24. The van der Waals surface area contributed by atoms with Crippen LogP contribution in [0.3, 0.4) is 0 Å². The molecule has 0 spiro atoms. The van der Waals surface area contributed by atoms with Crippen LogP contribution in [0, 0.1) is 0 Å². The van der Waals surface area contributed by atoms with Gasteiger partial charge in [-0.3, -0.25) is 4.79 Å². The predicted molar refractivity (Wildman–Crippen MR) is 108 cm³/mol. The number of rotatable bonds is 6. The van der Waals surface area contributed by atoms with E-state index in [9.17, 15) is 9.59 Å². The highest BCUT2D eigenvalue weighted by molar-refractivity contribution is 7.17. The van der Waals surface area contributed by atoms with Gasteiger partial charge in [-0.2, -0.15) is 0 Å². The Morgan fingerprint density at radius 1 is 1.26 bits per heavy atom. The normalized spacial score (nSPS) is 16.1. The Labute approximate surface area is 163 Å². The molecule has 1 aliphatic heterocycles. The van der Waals surface area contributed by atoms with Crippen LogP contribution in [0.2, 0.25) is 0 Å². The molecular weight excluding hydrogens is 360 g/mol. The Hall–Kier alpha value is -2.44. The molecule has 2 N–H and O–H groups in total. The van der Waals surface area contributed by atoms with Gasteiger partial charge < -0.3 is 15.0 Å². The Bertz CT molecular complexity index is 843. The topological polar surface area (TPSA) is 59.8 Å². The number of nitrogens with one attached hydrogen (secondary N) is 2. The van der Waals surface area contributed by atoms with E-state index in [2.05, 4.69) is 12.2 Å². The van der Waals surface area contributed by atoms with Crippen molar-refractivity contribution in [3.05, 3.63) is 58.0 Å². The summed E-state index contributed by atoms with van der Waals surface area (Å²) in [7, 11) is 0. The number of hydrogen-bond acceptors (Lipinski definition) is 4. The molecular formula is C21H25N2O3S+. The Kier molecular flexibility index (Phi) is 6.42. The molecule has 0 saturated carbocycles. The van der Waals surface area contributed by atoms with E-state index in [0.29, 0.717) is 17.2 Å². The lowest BCUT2D eigenvalue weighted by Gasteiger charge is -2.22. The lowest BCUT2D eigenvalue weighted by atomic mass is 10.0. The van der Waals surface area contributed by atoms with Gasteiger partial charge >= 0.3 is 5.97 Å². The first-order valence-electron chi connectivity index (χ1n) is 9.31. The van der Waals surface area contributed by atoms with Crippen LogP contribution in [0.5, 0.6) is 0 Å². The molecule has 5 nitrogen and oxygen atoms in total. The van der Waals surface area contributed by atoms with Gasteiger partial charge in [-0.05, 0) is 31.1 Å². The summed E-state index contributed by atoms with van der Waals surface area (Å²) in [4.78, 5) is 27.6. The van der Waals surface area contributed by atoms with Gasteiger partial charge in [0.2, 0.25) is 5.91 Å². The fraction of sp³-hybridized carbons (Fsp3) is 0.333. The zero-order valence-corrected chi connectivity index (χ0v) is 16.5. The first kappa shape index (κ1) is 19.3. The number of benzene rings is 1. The van der Waals surface area contributed by atoms with Gasteiger partial charge in [0, 0.05) is 12.5 Å². The van der Waals surface area contributed by atoms with Crippen molar-refractivity contribution in [2.45, 2.75) is 26.8 Å². The van der Waals surface area contributed by atoms with Crippen molar-refractivity contribution in [3.8, 4) is 0 Å². The molecule has 1 aromatic carbocycles. The molecule has 0 aliphatic carbocycles. The molecule has 0 bridgehead atoms. The number of amides is 1. The van der Waals surface area contributed by atoms with Crippen molar-refractivity contribution in [3.63, 3.8) is 0 Å². The minimum Gasteiger partial charge on any atom is -0.462 e. The van der Waals surface area contributed by atoms with Crippen LogP contribution in [0.25, 0.3) is 6.08 Å². The molecule has 1 atom stereocenters. The lowest BCUT2D eigenvalue weighted by molar-refractivity contribution is -0.913. The lowest BCUT2D eigenvalue weighted by Crippen LogP contribution is -3.11.